The molecule has 0 amide bonds. The van der Waals surface area contributed by atoms with Crippen LogP contribution in [0.15, 0.2) is 30.3 Å². The third-order valence-corrected chi connectivity index (χ3v) is 2.35. The van der Waals surface area contributed by atoms with Crippen molar-refractivity contribution in [2.75, 3.05) is 0 Å². The van der Waals surface area contributed by atoms with Gasteiger partial charge >= 0.3 is 0 Å². The number of benzene rings is 1. The maximum absolute atomic E-state index is 13.4. The van der Waals surface area contributed by atoms with Crippen LogP contribution >= 0.6 is 23.2 Å². The lowest BCUT2D eigenvalue weighted by atomic mass is 10.1. The molecule has 0 aliphatic carbocycles. The summed E-state index contributed by atoms with van der Waals surface area (Å²) in [5.74, 6) is -0.372. The number of halogens is 3. The average molecular weight is 243 g/mol. The Kier molecular flexibility index (Phi) is 2.84. The Morgan fingerprint density at radius 2 is 1.73 bits per heavy atom. The van der Waals surface area contributed by atoms with Crippen molar-refractivity contribution in [2.24, 2.45) is 0 Å². The summed E-state index contributed by atoms with van der Waals surface area (Å²) in [6.45, 7) is 0. The third-order valence-electron chi connectivity index (χ3n) is 1.88. The van der Waals surface area contributed by atoms with Crippen LogP contribution in [-0.4, -0.2) is 10.2 Å². The molecule has 15 heavy (non-hydrogen) atoms. The number of nitrogens with zero attached hydrogens (tertiary/aromatic N) is 2. The highest BCUT2D eigenvalue weighted by Gasteiger charge is 2.10. The van der Waals surface area contributed by atoms with Gasteiger partial charge in [0.25, 0.3) is 0 Å². The third kappa shape index (κ3) is 2.08. The molecule has 1 heterocycles. The molecule has 0 N–H and O–H groups in total. The minimum Gasteiger partial charge on any atom is -0.206 e. The first kappa shape index (κ1) is 10.3. The normalized spacial score (nSPS) is 10.3. The van der Waals surface area contributed by atoms with Gasteiger partial charge in [-0.25, -0.2) is 4.39 Å². The molecule has 0 aliphatic rings. The van der Waals surface area contributed by atoms with E-state index in [2.05, 4.69) is 10.2 Å². The summed E-state index contributed by atoms with van der Waals surface area (Å²) in [5.41, 5.74) is 0.800. The standard InChI is InChI=1S/C10H5Cl2FN2/c11-9-5-7(10(12)15-14-9)6-3-1-2-4-8(6)13/h1-5H. The van der Waals surface area contributed by atoms with E-state index in [4.69, 9.17) is 23.2 Å². The van der Waals surface area contributed by atoms with E-state index in [1.165, 1.54) is 12.1 Å². The largest absolute Gasteiger partial charge is 0.206 e. The zero-order chi connectivity index (χ0) is 10.8. The van der Waals surface area contributed by atoms with Crippen LogP contribution in [-0.2, 0) is 0 Å². The molecule has 0 unspecified atom stereocenters. The van der Waals surface area contributed by atoms with Crippen LogP contribution < -0.4 is 0 Å². The van der Waals surface area contributed by atoms with Gasteiger partial charge in [-0.3, -0.25) is 0 Å². The first-order chi connectivity index (χ1) is 7.18. The zero-order valence-corrected chi connectivity index (χ0v) is 8.93. The van der Waals surface area contributed by atoms with E-state index >= 15 is 0 Å². The van der Waals surface area contributed by atoms with Crippen LogP contribution in [0.25, 0.3) is 11.1 Å². The fourth-order valence-corrected chi connectivity index (χ4v) is 1.56. The Labute approximate surface area is 95.7 Å². The van der Waals surface area contributed by atoms with Crippen molar-refractivity contribution in [3.05, 3.63) is 46.5 Å². The predicted octanol–water partition coefficient (Wildman–Crippen LogP) is 3.59. The van der Waals surface area contributed by atoms with Gasteiger partial charge < -0.3 is 0 Å². The molecule has 0 saturated carbocycles. The van der Waals surface area contributed by atoms with Crippen molar-refractivity contribution in [3.8, 4) is 11.1 Å². The van der Waals surface area contributed by atoms with Crippen molar-refractivity contribution in [3.63, 3.8) is 0 Å². The van der Waals surface area contributed by atoms with E-state index in [0.717, 1.165) is 0 Å². The van der Waals surface area contributed by atoms with Crippen LogP contribution in [0.2, 0.25) is 10.3 Å². The number of hydrogen-bond acceptors (Lipinski definition) is 2. The van der Waals surface area contributed by atoms with Crippen molar-refractivity contribution >= 4 is 23.2 Å². The van der Waals surface area contributed by atoms with E-state index in [-0.39, 0.29) is 16.1 Å². The number of aromatic nitrogens is 2. The first-order valence-electron chi connectivity index (χ1n) is 4.12. The quantitative estimate of drug-likeness (QED) is 0.764. The summed E-state index contributed by atoms with van der Waals surface area (Å²) < 4.78 is 13.4. The fourth-order valence-electron chi connectivity index (χ4n) is 1.22. The second kappa shape index (κ2) is 4.13. The zero-order valence-electron chi connectivity index (χ0n) is 7.42. The molecular weight excluding hydrogens is 238 g/mol. The van der Waals surface area contributed by atoms with Crippen molar-refractivity contribution in [1.29, 1.82) is 0 Å². The van der Waals surface area contributed by atoms with Gasteiger partial charge in [0.1, 0.15) is 5.82 Å². The summed E-state index contributed by atoms with van der Waals surface area (Å²) in [5, 5.41) is 7.48. The van der Waals surface area contributed by atoms with Gasteiger partial charge in [0, 0.05) is 11.1 Å². The highest BCUT2D eigenvalue weighted by Crippen LogP contribution is 2.29. The van der Waals surface area contributed by atoms with Gasteiger partial charge in [0.2, 0.25) is 0 Å². The molecule has 1 aromatic carbocycles. The Bertz CT molecular complexity index is 503. The summed E-state index contributed by atoms with van der Waals surface area (Å²) in [4.78, 5) is 0. The van der Waals surface area contributed by atoms with Crippen LogP contribution in [0.5, 0.6) is 0 Å². The van der Waals surface area contributed by atoms with E-state index in [0.29, 0.717) is 11.1 Å². The topological polar surface area (TPSA) is 25.8 Å². The molecular formula is C10H5Cl2FN2. The summed E-state index contributed by atoms with van der Waals surface area (Å²) in [7, 11) is 0. The van der Waals surface area contributed by atoms with Crippen molar-refractivity contribution in [2.45, 2.75) is 0 Å². The highest BCUT2D eigenvalue weighted by molar-refractivity contribution is 6.33. The van der Waals surface area contributed by atoms with Gasteiger partial charge in [-0.1, -0.05) is 41.4 Å². The molecule has 2 nitrogen and oxygen atoms in total. The van der Waals surface area contributed by atoms with E-state index < -0.39 is 0 Å². The molecule has 0 radical (unpaired) electrons. The Morgan fingerprint density at radius 3 is 2.47 bits per heavy atom. The predicted molar refractivity (Wildman–Crippen MR) is 57.4 cm³/mol. The number of rotatable bonds is 1. The maximum atomic E-state index is 13.4. The van der Waals surface area contributed by atoms with Gasteiger partial charge in [0.05, 0.1) is 0 Å². The second-order valence-electron chi connectivity index (χ2n) is 2.85. The monoisotopic (exact) mass is 242 g/mol. The Morgan fingerprint density at radius 1 is 1.00 bits per heavy atom. The van der Waals surface area contributed by atoms with Crippen molar-refractivity contribution < 1.29 is 4.39 Å². The van der Waals surface area contributed by atoms with Crippen LogP contribution in [0.3, 0.4) is 0 Å². The van der Waals surface area contributed by atoms with Gasteiger partial charge in [0.15, 0.2) is 10.3 Å². The first-order valence-corrected chi connectivity index (χ1v) is 4.87. The fraction of sp³-hybridized carbons (Fsp3) is 0. The van der Waals surface area contributed by atoms with Gasteiger partial charge in [-0.2, -0.15) is 0 Å². The minimum absolute atomic E-state index is 0.129. The SMILES string of the molecule is Fc1ccccc1-c1cc(Cl)nnc1Cl. The van der Waals surface area contributed by atoms with Crippen LogP contribution in [0.1, 0.15) is 0 Å². The maximum Gasteiger partial charge on any atom is 0.159 e. The molecule has 0 bridgehead atoms. The average Bonchev–Trinajstić information content (AvgIpc) is 2.23. The molecule has 5 heteroatoms. The summed E-state index contributed by atoms with van der Waals surface area (Å²) in [6, 6.07) is 7.75. The van der Waals surface area contributed by atoms with Crippen LogP contribution in [0.4, 0.5) is 4.39 Å². The Hall–Kier alpha value is -1.19. The molecule has 0 spiro atoms. The van der Waals surface area contributed by atoms with E-state index in [1.54, 1.807) is 18.2 Å². The van der Waals surface area contributed by atoms with E-state index in [1.807, 2.05) is 0 Å². The van der Waals surface area contributed by atoms with Gasteiger partial charge in [-0.15, -0.1) is 10.2 Å². The van der Waals surface area contributed by atoms with Gasteiger partial charge in [-0.05, 0) is 12.1 Å². The Balaban J connectivity index is 2.64. The smallest absolute Gasteiger partial charge is 0.159 e. The molecule has 0 saturated heterocycles. The van der Waals surface area contributed by atoms with Crippen molar-refractivity contribution in [1.82, 2.24) is 10.2 Å². The minimum atomic E-state index is -0.372. The summed E-state index contributed by atoms with van der Waals surface area (Å²) in [6.07, 6.45) is 0. The molecule has 1 aromatic heterocycles. The molecule has 0 aliphatic heterocycles. The second-order valence-corrected chi connectivity index (χ2v) is 3.60. The highest BCUT2D eigenvalue weighted by atomic mass is 35.5. The molecule has 2 rings (SSSR count). The van der Waals surface area contributed by atoms with Crippen LogP contribution in [0, 0.1) is 5.82 Å². The molecule has 2 aromatic rings. The molecule has 76 valence electrons. The van der Waals surface area contributed by atoms with E-state index in [9.17, 15) is 4.39 Å². The molecule has 0 fully saturated rings. The molecule has 0 atom stereocenters. The lowest BCUT2D eigenvalue weighted by Crippen LogP contribution is -1.90. The number of hydrogen-bond donors (Lipinski definition) is 0. The lowest BCUT2D eigenvalue weighted by Gasteiger charge is -2.04. The summed E-state index contributed by atoms with van der Waals surface area (Å²) >= 11 is 11.5. The lowest BCUT2D eigenvalue weighted by molar-refractivity contribution is 0.631.